The fourth-order valence-corrected chi connectivity index (χ4v) is 4.60. The number of hydrogen-bond acceptors (Lipinski definition) is 7. The number of nitrogens with zero attached hydrogens (tertiary/aromatic N) is 6. The second-order valence-electron chi connectivity index (χ2n) is 8.52. The van der Waals surface area contributed by atoms with E-state index in [0.29, 0.717) is 17.6 Å². The molecule has 172 valence electrons. The Balaban J connectivity index is 1.30. The van der Waals surface area contributed by atoms with E-state index < -0.39 is 0 Å². The average Bonchev–Trinajstić information content (AvgIpc) is 3.49. The van der Waals surface area contributed by atoms with Crippen molar-refractivity contribution in [2.75, 3.05) is 48.7 Å². The summed E-state index contributed by atoms with van der Waals surface area (Å²) in [6, 6.07) is 18.3. The summed E-state index contributed by atoms with van der Waals surface area (Å²) >= 11 is 0. The molecule has 4 N–H and O–H groups in total. The Morgan fingerprint density at radius 2 is 1.74 bits per heavy atom. The van der Waals surface area contributed by atoms with Gasteiger partial charge in [-0.05, 0) is 49.0 Å². The van der Waals surface area contributed by atoms with Crippen molar-refractivity contribution in [3.63, 3.8) is 0 Å². The second kappa shape index (κ2) is 8.35. The Bertz CT molecular complexity index is 1440. The van der Waals surface area contributed by atoms with Gasteiger partial charge in [0.25, 0.3) is 0 Å². The number of anilines is 4. The summed E-state index contributed by atoms with van der Waals surface area (Å²) in [5.41, 5.74) is 9.98. The zero-order valence-corrected chi connectivity index (χ0v) is 19.1. The Morgan fingerprint density at radius 3 is 2.53 bits per heavy atom. The number of piperazine rings is 1. The summed E-state index contributed by atoms with van der Waals surface area (Å²) in [6.07, 6.45) is 1.86. The van der Waals surface area contributed by atoms with Crippen molar-refractivity contribution >= 4 is 45.1 Å². The maximum Gasteiger partial charge on any atom is 0.231 e. The largest absolute Gasteiger partial charge is 0.382 e. The number of nitrogens with one attached hydrogen (secondary N) is 2. The molecule has 0 unspecified atom stereocenters. The summed E-state index contributed by atoms with van der Waals surface area (Å²) in [7, 11) is 0. The van der Waals surface area contributed by atoms with Crippen LogP contribution < -0.4 is 16.0 Å². The van der Waals surface area contributed by atoms with Gasteiger partial charge in [-0.1, -0.05) is 19.1 Å². The molecule has 4 heterocycles. The maximum absolute atomic E-state index is 6.18. The predicted molar refractivity (Wildman–Crippen MR) is 137 cm³/mol. The topological polar surface area (TPSA) is 104 Å². The van der Waals surface area contributed by atoms with Crippen LogP contribution in [0.3, 0.4) is 0 Å². The smallest absolute Gasteiger partial charge is 0.231 e. The van der Waals surface area contributed by atoms with Crippen LogP contribution in [0.15, 0.2) is 60.8 Å². The highest BCUT2D eigenvalue weighted by atomic mass is 15.3. The highest BCUT2D eigenvalue weighted by Gasteiger charge is 2.17. The molecule has 9 heteroatoms. The van der Waals surface area contributed by atoms with Gasteiger partial charge in [-0.15, -0.1) is 5.10 Å². The minimum absolute atomic E-state index is 0.475. The number of rotatable bonds is 5. The third-order valence-corrected chi connectivity index (χ3v) is 6.52. The molecule has 1 aliphatic heterocycles. The Labute approximate surface area is 197 Å². The second-order valence-corrected chi connectivity index (χ2v) is 8.52. The number of benzene rings is 2. The Kier molecular flexibility index (Phi) is 5.03. The van der Waals surface area contributed by atoms with Crippen LogP contribution in [0.1, 0.15) is 6.92 Å². The van der Waals surface area contributed by atoms with Crippen LogP contribution in [0.2, 0.25) is 0 Å². The van der Waals surface area contributed by atoms with Gasteiger partial charge in [-0.25, -0.2) is 4.68 Å². The third kappa shape index (κ3) is 3.60. The molecule has 0 radical (unpaired) electrons. The van der Waals surface area contributed by atoms with Gasteiger partial charge in [0, 0.05) is 49.1 Å². The SMILES string of the molecule is CCN1CCN(c2ccc(Nc3nc(-n4nc(N)c5ccccc54)c4cc[nH]c4n3)cc2)CC1. The summed E-state index contributed by atoms with van der Waals surface area (Å²) in [4.78, 5) is 17.6. The van der Waals surface area contributed by atoms with Crippen molar-refractivity contribution in [3.05, 3.63) is 60.8 Å². The molecule has 34 heavy (non-hydrogen) atoms. The summed E-state index contributed by atoms with van der Waals surface area (Å²) < 4.78 is 1.78. The Hall–Kier alpha value is -4.11. The average molecular weight is 454 g/mol. The van der Waals surface area contributed by atoms with Crippen LogP contribution in [0.4, 0.5) is 23.1 Å². The van der Waals surface area contributed by atoms with E-state index in [1.165, 1.54) is 5.69 Å². The molecular formula is C25H27N9. The van der Waals surface area contributed by atoms with Gasteiger partial charge in [0.15, 0.2) is 11.6 Å². The first-order chi connectivity index (χ1) is 16.7. The summed E-state index contributed by atoms with van der Waals surface area (Å²) in [5, 5.41) is 9.70. The van der Waals surface area contributed by atoms with E-state index in [4.69, 9.17) is 10.7 Å². The first-order valence-corrected chi connectivity index (χ1v) is 11.6. The highest BCUT2D eigenvalue weighted by molar-refractivity contribution is 5.93. The van der Waals surface area contributed by atoms with Crippen LogP contribution in [-0.4, -0.2) is 62.4 Å². The van der Waals surface area contributed by atoms with Gasteiger partial charge in [-0.3, -0.25) is 0 Å². The quantitative estimate of drug-likeness (QED) is 0.372. The minimum atomic E-state index is 0.475. The van der Waals surface area contributed by atoms with Gasteiger partial charge in [0.2, 0.25) is 5.95 Å². The lowest BCUT2D eigenvalue weighted by Gasteiger charge is -2.35. The molecule has 1 aliphatic rings. The number of likely N-dealkylation sites (N-methyl/N-ethyl adjacent to an activating group) is 1. The highest BCUT2D eigenvalue weighted by Crippen LogP contribution is 2.28. The number of nitrogen functional groups attached to an aromatic ring is 1. The molecule has 0 spiro atoms. The van der Waals surface area contributed by atoms with Crippen LogP contribution in [0, 0.1) is 0 Å². The molecule has 0 atom stereocenters. The van der Waals surface area contributed by atoms with Crippen molar-refractivity contribution < 1.29 is 0 Å². The molecule has 0 bridgehead atoms. The number of fused-ring (bicyclic) bond motifs is 2. The molecule has 5 aromatic rings. The number of aromatic amines is 1. The summed E-state index contributed by atoms with van der Waals surface area (Å²) in [5.74, 6) is 1.64. The standard InChI is InChI=1S/C25H27N9/c1-2-32-13-15-33(16-14-32)18-9-7-17(8-10-18)28-25-29-23-20(11-12-27-23)24(30-25)34-21-6-4-3-5-19(21)22(26)31-34/h3-12H,2,13-16H2,1H3,(H2,26,31)(H2,27,28,29,30). The molecule has 0 saturated carbocycles. The van der Waals surface area contributed by atoms with Gasteiger partial charge in [0.05, 0.1) is 10.9 Å². The molecule has 1 saturated heterocycles. The van der Waals surface area contributed by atoms with Crippen LogP contribution in [-0.2, 0) is 0 Å². The van der Waals surface area contributed by atoms with Gasteiger partial charge < -0.3 is 25.8 Å². The van der Waals surface area contributed by atoms with E-state index in [1.54, 1.807) is 4.68 Å². The molecule has 0 amide bonds. The molecule has 2 aromatic carbocycles. The van der Waals surface area contributed by atoms with Crippen LogP contribution in [0.5, 0.6) is 0 Å². The number of H-pyrrole nitrogens is 1. The summed E-state index contributed by atoms with van der Waals surface area (Å²) in [6.45, 7) is 7.66. The van der Waals surface area contributed by atoms with Crippen molar-refractivity contribution in [3.8, 4) is 5.82 Å². The van der Waals surface area contributed by atoms with Gasteiger partial charge in [-0.2, -0.15) is 9.97 Å². The maximum atomic E-state index is 6.18. The molecule has 0 aliphatic carbocycles. The van der Waals surface area contributed by atoms with E-state index in [-0.39, 0.29) is 0 Å². The number of nitrogens with two attached hydrogens (primary N) is 1. The van der Waals surface area contributed by atoms with Crippen molar-refractivity contribution in [1.29, 1.82) is 0 Å². The fourth-order valence-electron chi connectivity index (χ4n) is 4.60. The molecule has 6 rings (SSSR count). The normalized spacial score (nSPS) is 14.8. The fraction of sp³-hybridized carbons (Fsp3) is 0.240. The minimum Gasteiger partial charge on any atom is -0.382 e. The first kappa shape index (κ1) is 20.5. The van der Waals surface area contributed by atoms with Crippen LogP contribution in [0.25, 0.3) is 27.8 Å². The van der Waals surface area contributed by atoms with E-state index in [0.717, 1.165) is 60.3 Å². The molecule has 3 aromatic heterocycles. The van der Waals surface area contributed by atoms with Crippen LogP contribution >= 0.6 is 0 Å². The molecule has 9 nitrogen and oxygen atoms in total. The van der Waals surface area contributed by atoms with E-state index in [2.05, 4.69) is 61.4 Å². The first-order valence-electron chi connectivity index (χ1n) is 11.6. The molecule has 1 fully saturated rings. The number of aromatic nitrogens is 5. The van der Waals surface area contributed by atoms with Crippen molar-refractivity contribution in [1.82, 2.24) is 29.6 Å². The van der Waals surface area contributed by atoms with Gasteiger partial charge in [0.1, 0.15) is 5.65 Å². The van der Waals surface area contributed by atoms with E-state index in [9.17, 15) is 0 Å². The monoisotopic (exact) mass is 453 g/mol. The number of hydrogen-bond donors (Lipinski definition) is 3. The van der Waals surface area contributed by atoms with E-state index >= 15 is 0 Å². The lowest BCUT2D eigenvalue weighted by Crippen LogP contribution is -2.46. The van der Waals surface area contributed by atoms with Crippen molar-refractivity contribution in [2.45, 2.75) is 6.92 Å². The number of para-hydroxylation sites is 1. The lowest BCUT2D eigenvalue weighted by molar-refractivity contribution is 0.271. The van der Waals surface area contributed by atoms with Gasteiger partial charge >= 0.3 is 0 Å². The van der Waals surface area contributed by atoms with E-state index in [1.807, 2.05) is 36.5 Å². The Morgan fingerprint density at radius 1 is 0.941 bits per heavy atom. The molecular weight excluding hydrogens is 426 g/mol. The lowest BCUT2D eigenvalue weighted by atomic mass is 10.2. The third-order valence-electron chi connectivity index (χ3n) is 6.52. The van der Waals surface area contributed by atoms with Crippen molar-refractivity contribution in [2.24, 2.45) is 0 Å². The predicted octanol–water partition coefficient (Wildman–Crippen LogP) is 3.76. The zero-order chi connectivity index (χ0) is 23.1. The zero-order valence-electron chi connectivity index (χ0n) is 19.1.